The van der Waals surface area contributed by atoms with Crippen LogP contribution in [0.4, 0.5) is 8.78 Å². The summed E-state index contributed by atoms with van der Waals surface area (Å²) in [5.74, 6) is 1.22. The molecule has 120 valence electrons. The lowest BCUT2D eigenvalue weighted by atomic mass is 9.61. The van der Waals surface area contributed by atoms with E-state index in [1.807, 2.05) is 6.92 Å². The molecule has 2 rings (SSSR count). The molecular formula is C19H30F2. The quantitative estimate of drug-likeness (QED) is 0.564. The number of hydrogen-bond donors (Lipinski definition) is 0. The average molecular weight is 296 g/mol. The molecule has 2 heteroatoms. The molecule has 0 amide bonds. The van der Waals surface area contributed by atoms with E-state index in [9.17, 15) is 8.78 Å². The molecular weight excluding hydrogens is 266 g/mol. The Morgan fingerprint density at radius 1 is 1.33 bits per heavy atom. The zero-order valence-corrected chi connectivity index (χ0v) is 14.0. The molecule has 0 unspecified atom stereocenters. The molecule has 0 saturated heterocycles. The number of halogens is 2. The van der Waals surface area contributed by atoms with Crippen LogP contribution in [0.1, 0.15) is 66.2 Å². The van der Waals surface area contributed by atoms with Crippen molar-refractivity contribution in [2.45, 2.75) is 72.6 Å². The Labute approximate surface area is 128 Å². The summed E-state index contributed by atoms with van der Waals surface area (Å²) in [7, 11) is 0. The van der Waals surface area contributed by atoms with Gasteiger partial charge in [0.15, 0.2) is 0 Å². The van der Waals surface area contributed by atoms with Crippen LogP contribution in [0.5, 0.6) is 0 Å². The van der Waals surface area contributed by atoms with Crippen LogP contribution in [0.2, 0.25) is 0 Å². The number of hydrogen-bond acceptors (Lipinski definition) is 0. The smallest absolute Gasteiger partial charge is 0.211 e. The summed E-state index contributed by atoms with van der Waals surface area (Å²) in [4.78, 5) is 0. The van der Waals surface area contributed by atoms with Crippen molar-refractivity contribution in [2.24, 2.45) is 23.2 Å². The van der Waals surface area contributed by atoms with Gasteiger partial charge in [-0.15, -0.1) is 0 Å². The summed E-state index contributed by atoms with van der Waals surface area (Å²) in [6.07, 6.45) is 8.38. The third-order valence-corrected chi connectivity index (χ3v) is 5.91. The molecule has 2 aliphatic rings. The second-order valence-electron chi connectivity index (χ2n) is 7.69. The molecule has 0 aromatic heterocycles. The average Bonchev–Trinajstić information content (AvgIpc) is 2.72. The first-order chi connectivity index (χ1) is 9.84. The molecule has 0 aromatic carbocycles. The highest BCUT2D eigenvalue weighted by atomic mass is 19.3. The Bertz CT molecular complexity index is 417. The van der Waals surface area contributed by atoms with Gasteiger partial charge >= 0.3 is 0 Å². The van der Waals surface area contributed by atoms with E-state index in [2.05, 4.69) is 32.9 Å². The van der Waals surface area contributed by atoms with Crippen molar-refractivity contribution in [3.63, 3.8) is 0 Å². The minimum atomic E-state index is -2.16. The summed E-state index contributed by atoms with van der Waals surface area (Å²) in [5, 5.41) is 0. The van der Waals surface area contributed by atoms with Gasteiger partial charge in [-0.25, -0.2) is 8.78 Å². The van der Waals surface area contributed by atoms with E-state index >= 15 is 0 Å². The summed E-state index contributed by atoms with van der Waals surface area (Å²) in [6, 6.07) is 0. The normalized spacial score (nSPS) is 35.9. The number of alkyl halides is 2. The second-order valence-corrected chi connectivity index (χ2v) is 7.69. The van der Waals surface area contributed by atoms with Crippen LogP contribution in [0.3, 0.4) is 0 Å². The van der Waals surface area contributed by atoms with Crippen molar-refractivity contribution in [1.29, 1.82) is 0 Å². The molecule has 4 atom stereocenters. The van der Waals surface area contributed by atoms with E-state index in [0.717, 1.165) is 6.42 Å². The van der Waals surface area contributed by atoms with Crippen molar-refractivity contribution in [2.75, 3.05) is 0 Å². The number of allylic oxidation sites excluding steroid dienone is 4. The van der Waals surface area contributed by atoms with Crippen molar-refractivity contribution in [1.82, 2.24) is 0 Å². The maximum absolute atomic E-state index is 12.8. The first kappa shape index (κ1) is 16.7. The molecule has 0 heterocycles. The van der Waals surface area contributed by atoms with Gasteiger partial charge < -0.3 is 0 Å². The monoisotopic (exact) mass is 296 g/mol. The van der Waals surface area contributed by atoms with E-state index in [1.54, 1.807) is 5.57 Å². The largest absolute Gasteiger partial charge is 0.238 e. The Kier molecular flexibility index (Phi) is 5.27. The highest BCUT2D eigenvalue weighted by Gasteiger charge is 2.50. The Balaban J connectivity index is 2.18. The minimum Gasteiger partial charge on any atom is -0.211 e. The van der Waals surface area contributed by atoms with Gasteiger partial charge in [0.05, 0.1) is 0 Å². The fourth-order valence-corrected chi connectivity index (χ4v) is 4.93. The predicted octanol–water partition coefficient (Wildman–Crippen LogP) is 6.39. The van der Waals surface area contributed by atoms with Gasteiger partial charge in [0.1, 0.15) is 0 Å². The van der Waals surface area contributed by atoms with Crippen LogP contribution >= 0.6 is 0 Å². The van der Waals surface area contributed by atoms with Gasteiger partial charge in [0, 0.05) is 6.42 Å². The number of rotatable bonds is 4. The van der Waals surface area contributed by atoms with Crippen LogP contribution < -0.4 is 0 Å². The maximum atomic E-state index is 12.8. The molecule has 2 saturated carbocycles. The fourth-order valence-electron chi connectivity index (χ4n) is 4.93. The topological polar surface area (TPSA) is 0 Å². The van der Waals surface area contributed by atoms with Crippen molar-refractivity contribution in [3.05, 3.63) is 23.3 Å². The van der Waals surface area contributed by atoms with Crippen molar-refractivity contribution < 1.29 is 8.78 Å². The van der Waals surface area contributed by atoms with E-state index in [-0.39, 0.29) is 17.8 Å². The van der Waals surface area contributed by atoms with Crippen molar-refractivity contribution >= 4 is 0 Å². The predicted molar refractivity (Wildman–Crippen MR) is 85.5 cm³/mol. The van der Waals surface area contributed by atoms with Gasteiger partial charge in [0.2, 0.25) is 6.43 Å². The van der Waals surface area contributed by atoms with Crippen LogP contribution in [0.25, 0.3) is 0 Å². The summed E-state index contributed by atoms with van der Waals surface area (Å²) in [5.41, 5.74) is 3.14. The number of fused-ring (bicyclic) bond motifs is 1. The molecule has 0 spiro atoms. The molecule has 21 heavy (non-hydrogen) atoms. The zero-order chi connectivity index (χ0) is 15.6. The highest BCUT2D eigenvalue weighted by Crippen LogP contribution is 2.59. The van der Waals surface area contributed by atoms with Crippen molar-refractivity contribution in [3.8, 4) is 0 Å². The minimum absolute atomic E-state index is 0.0694. The summed E-state index contributed by atoms with van der Waals surface area (Å²) < 4.78 is 25.5. The van der Waals surface area contributed by atoms with E-state index in [0.29, 0.717) is 11.8 Å². The van der Waals surface area contributed by atoms with Crippen LogP contribution in [0, 0.1) is 23.2 Å². The van der Waals surface area contributed by atoms with Gasteiger partial charge in [-0.1, -0.05) is 37.1 Å². The van der Waals surface area contributed by atoms with Crippen LogP contribution in [-0.2, 0) is 0 Å². The lowest BCUT2D eigenvalue weighted by Gasteiger charge is -2.44. The lowest BCUT2D eigenvalue weighted by molar-refractivity contribution is 0.0523. The Morgan fingerprint density at radius 3 is 2.67 bits per heavy atom. The molecule has 0 radical (unpaired) electrons. The SMILES string of the molecule is CC(C)=C/C=C1\CCC[C@]2(C)[C@@H]([C@@H](C)CC(F)F)CC[C@@H]12. The van der Waals surface area contributed by atoms with Gasteiger partial charge in [-0.3, -0.25) is 0 Å². The summed E-state index contributed by atoms with van der Waals surface area (Å²) >= 11 is 0. The maximum Gasteiger partial charge on any atom is 0.238 e. The molecule has 0 aromatic rings. The summed E-state index contributed by atoms with van der Waals surface area (Å²) in [6.45, 7) is 8.66. The Hall–Kier alpha value is -0.660. The fraction of sp³-hybridized carbons (Fsp3) is 0.789. The standard InChI is InChI=1S/C19H30F2/c1-13(2)7-8-15-6-5-11-19(4)16(9-10-17(15)19)14(3)12-18(20)21/h7-8,14,16-18H,5-6,9-12H2,1-4H3/b15-8+/t14-,16+,17-,19+/m0/s1. The van der Waals surface area contributed by atoms with E-state index < -0.39 is 6.43 Å². The van der Waals surface area contributed by atoms with Crippen LogP contribution in [0.15, 0.2) is 23.3 Å². The Morgan fingerprint density at radius 2 is 2.05 bits per heavy atom. The van der Waals surface area contributed by atoms with Crippen LogP contribution in [-0.4, -0.2) is 6.43 Å². The van der Waals surface area contributed by atoms with Gasteiger partial charge in [-0.2, -0.15) is 0 Å². The molecule has 0 N–H and O–H groups in total. The highest BCUT2D eigenvalue weighted by molar-refractivity contribution is 5.24. The molecule has 0 nitrogen and oxygen atoms in total. The zero-order valence-electron chi connectivity index (χ0n) is 14.0. The molecule has 2 aliphatic carbocycles. The van der Waals surface area contributed by atoms with Gasteiger partial charge in [-0.05, 0) is 69.1 Å². The van der Waals surface area contributed by atoms with Gasteiger partial charge in [0.25, 0.3) is 0 Å². The lowest BCUT2D eigenvalue weighted by Crippen LogP contribution is -2.36. The first-order valence-electron chi connectivity index (χ1n) is 8.46. The molecule has 2 fully saturated rings. The third-order valence-electron chi connectivity index (χ3n) is 5.91. The second kappa shape index (κ2) is 6.62. The molecule has 0 bridgehead atoms. The van der Waals surface area contributed by atoms with E-state index in [1.165, 1.54) is 31.3 Å². The third kappa shape index (κ3) is 3.57. The molecule has 0 aliphatic heterocycles. The first-order valence-corrected chi connectivity index (χ1v) is 8.46. The van der Waals surface area contributed by atoms with E-state index in [4.69, 9.17) is 0 Å².